The van der Waals surface area contributed by atoms with Gasteiger partial charge >= 0.3 is 0 Å². The average Bonchev–Trinajstić information content (AvgIpc) is 2.80. The number of sulfonamides is 1. The lowest BCUT2D eigenvalue weighted by Gasteiger charge is -2.30. The van der Waals surface area contributed by atoms with E-state index < -0.39 is 15.9 Å². The first-order valence-electron chi connectivity index (χ1n) is 10.6. The average molecular weight is 476 g/mol. The Hall–Kier alpha value is -2.36. The summed E-state index contributed by atoms with van der Waals surface area (Å²) in [6.45, 7) is 0. The molecule has 2 amide bonds. The van der Waals surface area contributed by atoms with Crippen LogP contribution in [0.3, 0.4) is 0 Å². The molecule has 0 bridgehead atoms. The Morgan fingerprint density at radius 2 is 1.66 bits per heavy atom. The standard InChI is InChI=1S/C23H29N3O4S2/c1-25(2)23(28)31-21-15-8-7-14-20(21)24-22(27)17-10-9-13-19(16-17)32(29,30)26(3)18-11-5-4-6-12-18/h7-10,13-16,18H,4-6,11-12H2,1-3H3,(H,24,27). The van der Waals surface area contributed by atoms with Gasteiger partial charge in [0.1, 0.15) is 0 Å². The van der Waals surface area contributed by atoms with Crippen LogP contribution >= 0.6 is 11.8 Å². The van der Waals surface area contributed by atoms with Crippen LogP contribution in [0, 0.1) is 0 Å². The topological polar surface area (TPSA) is 86.8 Å². The molecule has 9 heteroatoms. The van der Waals surface area contributed by atoms with Crippen molar-refractivity contribution in [2.24, 2.45) is 0 Å². The van der Waals surface area contributed by atoms with Gasteiger partial charge in [-0.1, -0.05) is 37.5 Å². The van der Waals surface area contributed by atoms with E-state index in [0.29, 0.717) is 10.6 Å². The molecule has 0 radical (unpaired) electrons. The molecule has 3 rings (SSSR count). The van der Waals surface area contributed by atoms with Gasteiger partial charge in [0.25, 0.3) is 11.1 Å². The molecule has 0 aliphatic heterocycles. The number of thioether (sulfide) groups is 1. The molecule has 1 fully saturated rings. The van der Waals surface area contributed by atoms with E-state index in [1.165, 1.54) is 21.3 Å². The molecule has 0 spiro atoms. The number of anilines is 1. The lowest BCUT2D eigenvalue weighted by molar-refractivity contribution is 0.102. The largest absolute Gasteiger partial charge is 0.339 e. The molecule has 172 valence electrons. The highest BCUT2D eigenvalue weighted by molar-refractivity contribution is 8.13. The van der Waals surface area contributed by atoms with Gasteiger partial charge in [-0.25, -0.2) is 8.42 Å². The van der Waals surface area contributed by atoms with Crippen molar-refractivity contribution in [2.75, 3.05) is 26.5 Å². The van der Waals surface area contributed by atoms with Crippen LogP contribution in [-0.4, -0.2) is 56.0 Å². The van der Waals surface area contributed by atoms with Crippen LogP contribution in [0.25, 0.3) is 0 Å². The second-order valence-electron chi connectivity index (χ2n) is 8.05. The van der Waals surface area contributed by atoms with E-state index in [4.69, 9.17) is 0 Å². The molecule has 0 unspecified atom stereocenters. The van der Waals surface area contributed by atoms with Crippen molar-refractivity contribution in [3.8, 4) is 0 Å². The van der Waals surface area contributed by atoms with Gasteiger partial charge in [0.05, 0.1) is 10.6 Å². The minimum absolute atomic E-state index is 0.00984. The molecule has 1 saturated carbocycles. The predicted octanol–water partition coefficient (Wildman–Crippen LogP) is 4.67. The Labute approximate surface area is 194 Å². The third kappa shape index (κ3) is 5.70. The zero-order chi connectivity index (χ0) is 23.3. The maximum Gasteiger partial charge on any atom is 0.286 e. The first-order chi connectivity index (χ1) is 15.2. The summed E-state index contributed by atoms with van der Waals surface area (Å²) >= 11 is 1.01. The number of carbonyl (C=O) groups excluding carboxylic acids is 2. The second kappa shape index (κ2) is 10.5. The summed E-state index contributed by atoms with van der Waals surface area (Å²) in [6.07, 6.45) is 4.91. The fourth-order valence-electron chi connectivity index (χ4n) is 3.64. The number of hydrogen-bond donors (Lipinski definition) is 1. The Bertz CT molecular complexity index is 1080. The summed E-state index contributed by atoms with van der Waals surface area (Å²) in [7, 11) is 1.24. The molecule has 0 saturated heterocycles. The van der Waals surface area contributed by atoms with Crippen LogP contribution < -0.4 is 5.32 Å². The number of hydrogen-bond acceptors (Lipinski definition) is 5. The zero-order valence-corrected chi connectivity index (χ0v) is 20.2. The monoisotopic (exact) mass is 475 g/mol. The van der Waals surface area contributed by atoms with Crippen LogP contribution in [0.5, 0.6) is 0 Å². The van der Waals surface area contributed by atoms with Gasteiger partial charge in [-0.3, -0.25) is 9.59 Å². The van der Waals surface area contributed by atoms with E-state index in [9.17, 15) is 18.0 Å². The molecule has 1 aliphatic rings. The van der Waals surface area contributed by atoms with E-state index in [-0.39, 0.29) is 21.7 Å². The highest BCUT2D eigenvalue weighted by Crippen LogP contribution is 2.30. The van der Waals surface area contributed by atoms with E-state index in [1.54, 1.807) is 57.5 Å². The molecule has 7 nitrogen and oxygen atoms in total. The van der Waals surface area contributed by atoms with E-state index in [2.05, 4.69) is 5.32 Å². The van der Waals surface area contributed by atoms with Gasteiger partial charge in [0.15, 0.2) is 0 Å². The summed E-state index contributed by atoms with van der Waals surface area (Å²) < 4.78 is 27.8. The Kier molecular flexibility index (Phi) is 7.97. The Balaban J connectivity index is 1.80. The van der Waals surface area contributed by atoms with Crippen molar-refractivity contribution < 1.29 is 18.0 Å². The van der Waals surface area contributed by atoms with Crippen LogP contribution in [0.4, 0.5) is 10.5 Å². The van der Waals surface area contributed by atoms with Crippen LogP contribution in [0.15, 0.2) is 58.3 Å². The third-order valence-corrected chi connectivity index (χ3v) is 8.58. The van der Waals surface area contributed by atoms with Gasteiger partial charge in [0, 0.05) is 37.6 Å². The smallest absolute Gasteiger partial charge is 0.286 e. The minimum atomic E-state index is -3.70. The van der Waals surface area contributed by atoms with E-state index >= 15 is 0 Å². The SMILES string of the molecule is CN(C)C(=O)Sc1ccccc1NC(=O)c1cccc(S(=O)(=O)N(C)C2CCCCC2)c1. The molecule has 1 aliphatic carbocycles. The molecule has 32 heavy (non-hydrogen) atoms. The summed E-state index contributed by atoms with van der Waals surface area (Å²) in [5, 5.41) is 2.64. The molecule has 0 aromatic heterocycles. The number of para-hydroxylation sites is 1. The summed E-state index contributed by atoms with van der Waals surface area (Å²) in [6, 6.07) is 13.1. The highest BCUT2D eigenvalue weighted by atomic mass is 32.2. The lowest BCUT2D eigenvalue weighted by atomic mass is 9.96. The number of amides is 2. The van der Waals surface area contributed by atoms with Crippen molar-refractivity contribution in [3.05, 3.63) is 54.1 Å². The van der Waals surface area contributed by atoms with Gasteiger partial charge in [-0.2, -0.15) is 4.31 Å². The highest BCUT2D eigenvalue weighted by Gasteiger charge is 2.29. The van der Waals surface area contributed by atoms with Gasteiger partial charge in [-0.15, -0.1) is 0 Å². The van der Waals surface area contributed by atoms with Crippen molar-refractivity contribution >= 4 is 38.6 Å². The predicted molar refractivity (Wildman–Crippen MR) is 128 cm³/mol. The number of rotatable bonds is 6. The minimum Gasteiger partial charge on any atom is -0.339 e. The summed E-state index contributed by atoms with van der Waals surface area (Å²) in [5.41, 5.74) is 0.729. The van der Waals surface area contributed by atoms with Crippen LogP contribution in [0.2, 0.25) is 0 Å². The fraction of sp³-hybridized carbons (Fsp3) is 0.391. The van der Waals surface area contributed by atoms with E-state index in [1.807, 2.05) is 0 Å². The number of nitrogens with zero attached hydrogens (tertiary/aromatic N) is 2. The quantitative estimate of drug-likeness (QED) is 0.614. The number of nitrogens with one attached hydrogen (secondary N) is 1. The number of benzene rings is 2. The maximum atomic E-state index is 13.2. The Morgan fingerprint density at radius 1 is 0.969 bits per heavy atom. The van der Waals surface area contributed by atoms with Crippen molar-refractivity contribution in [2.45, 2.75) is 47.9 Å². The maximum absolute atomic E-state index is 13.2. The fourth-order valence-corrected chi connectivity index (χ4v) is 5.85. The third-order valence-electron chi connectivity index (χ3n) is 5.56. The molecule has 2 aromatic carbocycles. The van der Waals surface area contributed by atoms with E-state index in [0.717, 1.165) is 43.9 Å². The molecule has 2 aromatic rings. The van der Waals surface area contributed by atoms with Gasteiger partial charge in [0.2, 0.25) is 10.0 Å². The molecule has 1 N–H and O–H groups in total. The molecule has 0 atom stereocenters. The Morgan fingerprint density at radius 3 is 2.34 bits per heavy atom. The summed E-state index contributed by atoms with van der Waals surface area (Å²) in [4.78, 5) is 27.2. The van der Waals surface area contributed by atoms with Gasteiger partial charge < -0.3 is 10.2 Å². The zero-order valence-electron chi connectivity index (χ0n) is 18.6. The molecular formula is C23H29N3O4S2. The van der Waals surface area contributed by atoms with Crippen molar-refractivity contribution in [3.63, 3.8) is 0 Å². The number of carbonyl (C=O) groups is 2. The van der Waals surface area contributed by atoms with Crippen LogP contribution in [0.1, 0.15) is 42.5 Å². The van der Waals surface area contributed by atoms with Crippen LogP contribution in [-0.2, 0) is 10.0 Å². The van der Waals surface area contributed by atoms with Crippen molar-refractivity contribution in [1.29, 1.82) is 0 Å². The van der Waals surface area contributed by atoms with Gasteiger partial charge in [-0.05, 0) is 54.9 Å². The molecule has 0 heterocycles. The molecular weight excluding hydrogens is 446 g/mol. The summed E-state index contributed by atoms with van der Waals surface area (Å²) in [5.74, 6) is -0.437. The van der Waals surface area contributed by atoms with Crippen molar-refractivity contribution in [1.82, 2.24) is 9.21 Å². The first-order valence-corrected chi connectivity index (χ1v) is 12.8. The lowest BCUT2D eigenvalue weighted by Crippen LogP contribution is -2.38. The first kappa shape index (κ1) is 24.3. The second-order valence-corrected chi connectivity index (χ2v) is 11.0. The normalized spacial score (nSPS) is 14.9.